The number of rotatable bonds is 1. The first-order valence-corrected chi connectivity index (χ1v) is 4.54. The molecule has 1 aromatic carbocycles. The molecule has 3 nitrogen and oxygen atoms in total. The van der Waals surface area contributed by atoms with Crippen molar-refractivity contribution in [2.75, 3.05) is 0 Å². The third kappa shape index (κ3) is 1.27. The van der Waals surface area contributed by atoms with Crippen LogP contribution in [0.3, 0.4) is 0 Å². The van der Waals surface area contributed by atoms with Gasteiger partial charge in [-0.3, -0.25) is 4.57 Å². The molecule has 2 rings (SSSR count). The molecule has 1 aromatic heterocycles. The van der Waals surface area contributed by atoms with E-state index in [0.717, 1.165) is 17.1 Å². The van der Waals surface area contributed by atoms with Crippen molar-refractivity contribution in [1.82, 2.24) is 9.55 Å². The lowest BCUT2D eigenvalue weighted by Crippen LogP contribution is -2.15. The molecule has 1 N–H and O–H groups in total. The van der Waals surface area contributed by atoms with Gasteiger partial charge in [-0.1, -0.05) is 18.2 Å². The van der Waals surface area contributed by atoms with E-state index in [1.165, 1.54) is 0 Å². The highest BCUT2D eigenvalue weighted by molar-refractivity contribution is 5.34. The van der Waals surface area contributed by atoms with E-state index < -0.39 is 0 Å². The van der Waals surface area contributed by atoms with Crippen molar-refractivity contribution in [3.63, 3.8) is 0 Å². The molecule has 14 heavy (non-hydrogen) atoms. The highest BCUT2D eigenvalue weighted by Gasteiger charge is 2.06. The van der Waals surface area contributed by atoms with Crippen LogP contribution in [0, 0.1) is 13.8 Å². The van der Waals surface area contributed by atoms with Gasteiger partial charge in [-0.2, -0.15) is 0 Å². The van der Waals surface area contributed by atoms with Gasteiger partial charge in [-0.25, -0.2) is 4.79 Å². The number of nitrogens with zero attached hydrogens (tertiary/aromatic N) is 1. The van der Waals surface area contributed by atoms with E-state index in [1.807, 2.05) is 44.2 Å². The van der Waals surface area contributed by atoms with Gasteiger partial charge >= 0.3 is 5.69 Å². The molecule has 1 heterocycles. The van der Waals surface area contributed by atoms with E-state index in [2.05, 4.69) is 4.98 Å². The predicted octanol–water partition coefficient (Wildman–Crippen LogP) is 1.78. The first kappa shape index (κ1) is 8.81. The molecule has 0 radical (unpaired) electrons. The van der Waals surface area contributed by atoms with Crippen molar-refractivity contribution < 1.29 is 0 Å². The second-order valence-corrected chi connectivity index (χ2v) is 3.31. The molecule has 72 valence electrons. The van der Waals surface area contributed by atoms with Gasteiger partial charge in [0.2, 0.25) is 0 Å². The van der Waals surface area contributed by atoms with Crippen LogP contribution in [-0.2, 0) is 0 Å². The van der Waals surface area contributed by atoms with E-state index in [-0.39, 0.29) is 5.69 Å². The third-order valence-electron chi connectivity index (χ3n) is 2.39. The zero-order valence-electron chi connectivity index (χ0n) is 8.24. The summed E-state index contributed by atoms with van der Waals surface area (Å²) in [5.74, 6) is 0. The van der Waals surface area contributed by atoms with Gasteiger partial charge in [-0.15, -0.1) is 0 Å². The SMILES string of the molecule is Cc1[nH]c(=O)n(-c2ccccc2)c1C. The minimum Gasteiger partial charge on any atom is -0.310 e. The Balaban J connectivity index is 2.69. The van der Waals surface area contributed by atoms with Crippen LogP contribution in [0.15, 0.2) is 35.1 Å². The van der Waals surface area contributed by atoms with Crippen molar-refractivity contribution in [2.45, 2.75) is 13.8 Å². The Morgan fingerprint density at radius 2 is 1.79 bits per heavy atom. The van der Waals surface area contributed by atoms with Crippen LogP contribution in [0.2, 0.25) is 0 Å². The van der Waals surface area contributed by atoms with Gasteiger partial charge < -0.3 is 4.98 Å². The molecule has 2 aromatic rings. The van der Waals surface area contributed by atoms with Crippen molar-refractivity contribution in [2.24, 2.45) is 0 Å². The fourth-order valence-corrected chi connectivity index (χ4v) is 1.51. The smallest absolute Gasteiger partial charge is 0.310 e. The lowest BCUT2D eigenvalue weighted by Gasteiger charge is -2.02. The maximum absolute atomic E-state index is 11.6. The molecule has 0 saturated heterocycles. The van der Waals surface area contributed by atoms with Crippen molar-refractivity contribution in [3.05, 3.63) is 52.2 Å². The van der Waals surface area contributed by atoms with Crippen LogP contribution in [0.25, 0.3) is 5.69 Å². The number of aromatic nitrogens is 2. The van der Waals surface area contributed by atoms with E-state index in [1.54, 1.807) is 4.57 Å². The zero-order chi connectivity index (χ0) is 10.1. The molecule has 0 aliphatic carbocycles. The van der Waals surface area contributed by atoms with Gasteiger partial charge in [0.25, 0.3) is 0 Å². The predicted molar refractivity (Wildman–Crippen MR) is 55.9 cm³/mol. The molecule has 3 heteroatoms. The summed E-state index contributed by atoms with van der Waals surface area (Å²) in [5, 5.41) is 0. The average Bonchev–Trinajstić information content (AvgIpc) is 2.43. The molecular weight excluding hydrogens is 176 g/mol. The number of nitrogens with one attached hydrogen (secondary N) is 1. The Morgan fingerprint density at radius 3 is 2.29 bits per heavy atom. The van der Waals surface area contributed by atoms with Gasteiger partial charge in [0, 0.05) is 11.4 Å². The molecule has 0 amide bonds. The number of para-hydroxylation sites is 1. The van der Waals surface area contributed by atoms with Crippen LogP contribution in [0.1, 0.15) is 11.4 Å². The first-order chi connectivity index (χ1) is 6.70. The minimum absolute atomic E-state index is 0.0776. The Labute approximate surface area is 82.0 Å². The van der Waals surface area contributed by atoms with E-state index in [9.17, 15) is 4.79 Å². The van der Waals surface area contributed by atoms with E-state index in [0.29, 0.717) is 0 Å². The van der Waals surface area contributed by atoms with Crippen molar-refractivity contribution in [1.29, 1.82) is 0 Å². The Morgan fingerprint density at radius 1 is 1.14 bits per heavy atom. The fraction of sp³-hybridized carbons (Fsp3) is 0.182. The fourth-order valence-electron chi connectivity index (χ4n) is 1.51. The minimum atomic E-state index is -0.0776. The number of aryl methyl sites for hydroxylation is 1. The topological polar surface area (TPSA) is 37.8 Å². The molecule has 0 unspecified atom stereocenters. The molecule has 0 aliphatic rings. The average molecular weight is 188 g/mol. The molecule has 0 atom stereocenters. The summed E-state index contributed by atoms with van der Waals surface area (Å²) in [6, 6.07) is 9.61. The van der Waals surface area contributed by atoms with Crippen LogP contribution in [-0.4, -0.2) is 9.55 Å². The molecule has 0 aliphatic heterocycles. The van der Waals surface area contributed by atoms with Gasteiger partial charge in [-0.05, 0) is 26.0 Å². The zero-order valence-corrected chi connectivity index (χ0v) is 8.24. The summed E-state index contributed by atoms with van der Waals surface area (Å²) in [6.45, 7) is 3.83. The highest BCUT2D eigenvalue weighted by atomic mass is 16.1. The Bertz CT molecular complexity index is 494. The van der Waals surface area contributed by atoms with Crippen LogP contribution < -0.4 is 5.69 Å². The monoisotopic (exact) mass is 188 g/mol. The lowest BCUT2D eigenvalue weighted by molar-refractivity contribution is 0.949. The summed E-state index contributed by atoms with van der Waals surface area (Å²) in [4.78, 5) is 14.4. The number of aromatic amines is 1. The number of hydrogen-bond acceptors (Lipinski definition) is 1. The second-order valence-electron chi connectivity index (χ2n) is 3.31. The van der Waals surface area contributed by atoms with Gasteiger partial charge in [0.15, 0.2) is 0 Å². The van der Waals surface area contributed by atoms with Crippen molar-refractivity contribution >= 4 is 0 Å². The van der Waals surface area contributed by atoms with E-state index >= 15 is 0 Å². The third-order valence-corrected chi connectivity index (χ3v) is 2.39. The summed E-state index contributed by atoms with van der Waals surface area (Å²) in [7, 11) is 0. The summed E-state index contributed by atoms with van der Waals surface area (Å²) >= 11 is 0. The number of hydrogen-bond donors (Lipinski definition) is 1. The molecule has 0 spiro atoms. The highest BCUT2D eigenvalue weighted by Crippen LogP contribution is 2.09. The Hall–Kier alpha value is -1.77. The van der Waals surface area contributed by atoms with Crippen LogP contribution >= 0.6 is 0 Å². The largest absolute Gasteiger partial charge is 0.330 e. The molecule has 0 saturated carbocycles. The summed E-state index contributed by atoms with van der Waals surface area (Å²) < 4.78 is 1.68. The van der Waals surface area contributed by atoms with Crippen molar-refractivity contribution in [3.8, 4) is 5.69 Å². The van der Waals surface area contributed by atoms with Gasteiger partial charge in [0.05, 0.1) is 5.69 Å². The van der Waals surface area contributed by atoms with Gasteiger partial charge in [0.1, 0.15) is 0 Å². The quantitative estimate of drug-likeness (QED) is 0.727. The van der Waals surface area contributed by atoms with Crippen LogP contribution in [0.5, 0.6) is 0 Å². The molecule has 0 fully saturated rings. The maximum atomic E-state index is 11.6. The Kier molecular flexibility index (Phi) is 2.00. The second kappa shape index (κ2) is 3.18. The normalized spacial score (nSPS) is 10.4. The number of benzene rings is 1. The maximum Gasteiger partial charge on any atom is 0.330 e. The summed E-state index contributed by atoms with van der Waals surface area (Å²) in [5.41, 5.74) is 2.70. The van der Waals surface area contributed by atoms with E-state index in [4.69, 9.17) is 0 Å². The molecular formula is C11H12N2O. The molecule has 0 bridgehead atoms. The standard InChI is InChI=1S/C11H12N2O/c1-8-9(2)13(11(14)12-8)10-6-4-3-5-7-10/h3-7H,1-2H3,(H,12,14). The number of imidazole rings is 1. The number of H-pyrrole nitrogens is 1. The summed E-state index contributed by atoms with van der Waals surface area (Å²) in [6.07, 6.45) is 0. The lowest BCUT2D eigenvalue weighted by atomic mass is 10.3. The van der Waals surface area contributed by atoms with Crippen LogP contribution in [0.4, 0.5) is 0 Å². The first-order valence-electron chi connectivity index (χ1n) is 4.54.